The first-order valence-electron chi connectivity index (χ1n) is 9.09. The lowest BCUT2D eigenvalue weighted by Gasteiger charge is -2.08. The van der Waals surface area contributed by atoms with Crippen molar-refractivity contribution < 1.29 is 9.47 Å². The number of rotatable bonds is 6. The van der Waals surface area contributed by atoms with Crippen LogP contribution in [0, 0.1) is 0 Å². The minimum atomic E-state index is 0.875. The summed E-state index contributed by atoms with van der Waals surface area (Å²) in [6.45, 7) is 0. The molecule has 0 spiro atoms. The van der Waals surface area contributed by atoms with Crippen molar-refractivity contribution in [1.29, 1.82) is 0 Å². The second kappa shape index (κ2) is 7.98. The highest BCUT2D eigenvalue weighted by atomic mass is 31.1. The Bertz CT molecular complexity index is 1000. The van der Waals surface area contributed by atoms with E-state index in [1.807, 2.05) is 12.1 Å². The molecule has 0 radical (unpaired) electrons. The third-order valence-electron chi connectivity index (χ3n) is 4.88. The third kappa shape index (κ3) is 4.07. The molecule has 4 aromatic carbocycles. The highest BCUT2D eigenvalue weighted by Gasteiger charge is 2.02. The van der Waals surface area contributed by atoms with Crippen molar-refractivity contribution >= 4 is 30.1 Å². The first kappa shape index (κ1) is 17.8. The maximum Gasteiger partial charge on any atom is 0.119 e. The van der Waals surface area contributed by atoms with Crippen molar-refractivity contribution in [3.63, 3.8) is 0 Å². The van der Waals surface area contributed by atoms with Gasteiger partial charge >= 0.3 is 0 Å². The average Bonchev–Trinajstić information content (AvgIpc) is 2.72. The number of benzene rings is 4. The summed E-state index contributed by atoms with van der Waals surface area (Å²) in [4.78, 5) is 0. The fraction of sp³-hybridized carbons (Fsp3) is 0.167. The third-order valence-corrected chi connectivity index (χ3v) is 6.20. The van der Waals surface area contributed by atoms with E-state index in [4.69, 9.17) is 9.47 Å². The molecule has 0 heterocycles. The van der Waals surface area contributed by atoms with E-state index in [9.17, 15) is 0 Å². The molecule has 0 atom stereocenters. The van der Waals surface area contributed by atoms with Gasteiger partial charge in [-0.2, -0.15) is 0 Å². The van der Waals surface area contributed by atoms with Gasteiger partial charge in [-0.15, -0.1) is 8.58 Å². The maximum atomic E-state index is 5.30. The average molecular weight is 374 g/mol. The van der Waals surface area contributed by atoms with Crippen LogP contribution in [-0.4, -0.2) is 14.2 Å². The smallest absolute Gasteiger partial charge is 0.119 e. The number of methoxy groups -OCH3 is 2. The van der Waals surface area contributed by atoms with Crippen LogP contribution in [0.15, 0.2) is 72.8 Å². The van der Waals surface area contributed by atoms with Crippen molar-refractivity contribution in [3.8, 4) is 11.5 Å². The highest BCUT2D eigenvalue weighted by Crippen LogP contribution is 2.29. The lowest BCUT2D eigenvalue weighted by molar-refractivity contribution is 0.415. The second-order valence-corrected chi connectivity index (χ2v) is 7.91. The number of ether oxygens (including phenoxy) is 2. The summed E-state index contributed by atoms with van der Waals surface area (Å²) in [5, 5.41) is 5.01. The predicted octanol–water partition coefficient (Wildman–Crippen LogP) is 6.39. The topological polar surface area (TPSA) is 18.5 Å². The van der Waals surface area contributed by atoms with E-state index in [2.05, 4.69) is 60.7 Å². The molecule has 0 amide bonds. The second-order valence-electron chi connectivity index (χ2n) is 6.70. The first-order chi connectivity index (χ1) is 13.2. The zero-order chi connectivity index (χ0) is 18.6. The molecule has 0 bridgehead atoms. The van der Waals surface area contributed by atoms with Crippen molar-refractivity contribution in [2.45, 2.75) is 12.3 Å². The van der Waals surface area contributed by atoms with Crippen molar-refractivity contribution in [2.24, 2.45) is 0 Å². The van der Waals surface area contributed by atoms with Gasteiger partial charge in [0.25, 0.3) is 0 Å². The van der Waals surface area contributed by atoms with Crippen LogP contribution in [0.5, 0.6) is 11.5 Å². The van der Waals surface area contributed by atoms with Crippen LogP contribution >= 0.6 is 8.58 Å². The van der Waals surface area contributed by atoms with Gasteiger partial charge in [0, 0.05) is 0 Å². The molecule has 0 fully saturated rings. The Balaban J connectivity index is 1.43. The molecule has 136 valence electrons. The summed E-state index contributed by atoms with van der Waals surface area (Å²) < 4.78 is 10.6. The minimum Gasteiger partial charge on any atom is -0.497 e. The Morgan fingerprint density at radius 2 is 0.963 bits per heavy atom. The standard InChI is InChI=1S/C24H23O2P/c1-25-23-9-7-19-11-17(3-5-21(19)13-23)15-27-16-18-4-6-22-14-24(26-2)10-8-20(22)12-18/h3-14,27H,15-16H2,1-2H3. The van der Waals surface area contributed by atoms with Gasteiger partial charge in [0.05, 0.1) is 14.2 Å². The molecule has 0 saturated heterocycles. The van der Waals surface area contributed by atoms with E-state index in [1.54, 1.807) is 14.2 Å². The van der Waals surface area contributed by atoms with Gasteiger partial charge in [-0.1, -0.05) is 48.5 Å². The van der Waals surface area contributed by atoms with Gasteiger partial charge in [0.2, 0.25) is 0 Å². The summed E-state index contributed by atoms with van der Waals surface area (Å²) in [5.41, 5.74) is 2.80. The molecular weight excluding hydrogens is 351 g/mol. The fourth-order valence-electron chi connectivity index (χ4n) is 3.37. The Morgan fingerprint density at radius 3 is 1.41 bits per heavy atom. The highest BCUT2D eigenvalue weighted by molar-refractivity contribution is 7.36. The summed E-state index contributed by atoms with van der Waals surface area (Å²) in [5.74, 6) is 1.82. The number of hydrogen-bond donors (Lipinski definition) is 0. The molecular formula is C24H23O2P. The van der Waals surface area contributed by atoms with E-state index in [-0.39, 0.29) is 0 Å². The Labute approximate surface area is 161 Å². The molecule has 0 aromatic heterocycles. The molecule has 0 aliphatic carbocycles. The summed E-state index contributed by atoms with van der Waals surface area (Å²) in [6.07, 6.45) is 2.23. The lowest BCUT2D eigenvalue weighted by atomic mass is 10.1. The van der Waals surface area contributed by atoms with Crippen molar-refractivity contribution in [3.05, 3.63) is 83.9 Å². The van der Waals surface area contributed by atoms with Crippen LogP contribution in [0.25, 0.3) is 21.5 Å². The van der Waals surface area contributed by atoms with E-state index >= 15 is 0 Å². The van der Waals surface area contributed by atoms with Crippen LogP contribution in [0.3, 0.4) is 0 Å². The molecule has 0 saturated carbocycles. The molecule has 4 rings (SSSR count). The summed E-state index contributed by atoms with van der Waals surface area (Å²) in [7, 11) is 4.29. The zero-order valence-electron chi connectivity index (χ0n) is 15.7. The van der Waals surface area contributed by atoms with E-state index < -0.39 is 0 Å². The van der Waals surface area contributed by atoms with Gasteiger partial charge in [-0.3, -0.25) is 0 Å². The summed E-state index contributed by atoms with van der Waals surface area (Å²) in [6, 6.07) is 26.0. The Morgan fingerprint density at radius 1 is 0.556 bits per heavy atom. The largest absolute Gasteiger partial charge is 0.497 e. The van der Waals surface area contributed by atoms with Gasteiger partial charge in [0.15, 0.2) is 0 Å². The molecule has 2 nitrogen and oxygen atoms in total. The van der Waals surface area contributed by atoms with Gasteiger partial charge in [-0.05, 0) is 69.3 Å². The van der Waals surface area contributed by atoms with Crippen LogP contribution in [-0.2, 0) is 12.3 Å². The van der Waals surface area contributed by atoms with Gasteiger partial charge in [-0.25, -0.2) is 0 Å². The lowest BCUT2D eigenvalue weighted by Crippen LogP contribution is -1.86. The normalized spacial score (nSPS) is 11.0. The number of hydrogen-bond acceptors (Lipinski definition) is 2. The number of fused-ring (bicyclic) bond motifs is 2. The molecule has 0 N–H and O–H groups in total. The van der Waals surface area contributed by atoms with Crippen LogP contribution in [0.2, 0.25) is 0 Å². The molecule has 27 heavy (non-hydrogen) atoms. The predicted molar refractivity (Wildman–Crippen MR) is 117 cm³/mol. The molecule has 0 aliphatic heterocycles. The minimum absolute atomic E-state index is 0.875. The SMILES string of the molecule is COc1ccc2cc(CPCc3ccc4cc(OC)ccc4c3)ccc2c1. The monoisotopic (exact) mass is 374 g/mol. The van der Waals surface area contributed by atoms with Crippen LogP contribution in [0.4, 0.5) is 0 Å². The molecule has 4 aromatic rings. The van der Waals surface area contributed by atoms with Crippen LogP contribution in [0.1, 0.15) is 11.1 Å². The quantitative estimate of drug-likeness (QED) is 0.364. The van der Waals surface area contributed by atoms with E-state index in [0.717, 1.165) is 32.4 Å². The van der Waals surface area contributed by atoms with E-state index in [0.29, 0.717) is 0 Å². The zero-order valence-corrected chi connectivity index (χ0v) is 16.7. The van der Waals surface area contributed by atoms with Crippen molar-refractivity contribution in [1.82, 2.24) is 0 Å². The summed E-state index contributed by atoms with van der Waals surface area (Å²) >= 11 is 0. The first-order valence-corrected chi connectivity index (χ1v) is 10.5. The van der Waals surface area contributed by atoms with Gasteiger partial charge in [0.1, 0.15) is 11.5 Å². The maximum absolute atomic E-state index is 5.30. The molecule has 0 unspecified atom stereocenters. The Kier molecular flexibility index (Phi) is 5.27. The van der Waals surface area contributed by atoms with Crippen molar-refractivity contribution in [2.75, 3.05) is 14.2 Å². The Hall–Kier alpha value is -2.57. The van der Waals surface area contributed by atoms with Gasteiger partial charge < -0.3 is 9.47 Å². The fourth-order valence-corrected chi connectivity index (χ4v) is 4.51. The molecule has 0 aliphatic rings. The van der Waals surface area contributed by atoms with Crippen LogP contribution < -0.4 is 9.47 Å². The van der Waals surface area contributed by atoms with E-state index in [1.165, 1.54) is 32.7 Å². The molecule has 3 heteroatoms.